The first-order chi connectivity index (χ1) is 14.5. The second kappa shape index (κ2) is 10.3. The summed E-state index contributed by atoms with van der Waals surface area (Å²) < 4.78 is 48.2. The van der Waals surface area contributed by atoms with Gasteiger partial charge in [0.05, 0.1) is 23.5 Å². The van der Waals surface area contributed by atoms with E-state index in [1.165, 1.54) is 0 Å². The minimum absolute atomic E-state index is 0.208. The molecule has 1 aliphatic rings. The predicted octanol–water partition coefficient (Wildman–Crippen LogP) is 2.97. The largest absolute Gasteiger partial charge is 0.490 e. The van der Waals surface area contributed by atoms with Gasteiger partial charge in [0, 0.05) is 13.1 Å². The molecule has 0 radical (unpaired) electrons. The highest BCUT2D eigenvalue weighted by Crippen LogP contribution is 2.34. The van der Waals surface area contributed by atoms with Crippen LogP contribution in [0.2, 0.25) is 0 Å². The number of para-hydroxylation sites is 1. The molecule has 12 heteroatoms. The molecule has 1 fully saturated rings. The SMILES string of the molecule is O=C(O)C(F)(F)F.O=C(O)C1CCC(F)(CNCc2cnnn2-c2ccccc2)CC1. The van der Waals surface area contributed by atoms with E-state index >= 15 is 0 Å². The lowest BCUT2D eigenvalue weighted by Gasteiger charge is -2.32. The van der Waals surface area contributed by atoms with E-state index in [1.54, 1.807) is 10.9 Å². The average molecular weight is 446 g/mol. The van der Waals surface area contributed by atoms with Crippen molar-refractivity contribution in [1.82, 2.24) is 20.3 Å². The van der Waals surface area contributed by atoms with E-state index in [-0.39, 0.29) is 19.4 Å². The van der Waals surface area contributed by atoms with Crippen LogP contribution in [0, 0.1) is 5.92 Å². The van der Waals surface area contributed by atoms with Gasteiger partial charge < -0.3 is 15.5 Å². The third kappa shape index (κ3) is 7.31. The van der Waals surface area contributed by atoms with Gasteiger partial charge in [-0.15, -0.1) is 5.10 Å². The lowest BCUT2D eigenvalue weighted by atomic mass is 9.80. The lowest BCUT2D eigenvalue weighted by Crippen LogP contribution is -2.41. The summed E-state index contributed by atoms with van der Waals surface area (Å²) in [6, 6.07) is 9.64. The van der Waals surface area contributed by atoms with Gasteiger partial charge in [0.1, 0.15) is 5.67 Å². The molecule has 0 amide bonds. The quantitative estimate of drug-likeness (QED) is 0.584. The maximum absolute atomic E-state index is 14.8. The number of benzene rings is 1. The van der Waals surface area contributed by atoms with E-state index in [9.17, 15) is 22.4 Å². The highest BCUT2D eigenvalue weighted by molar-refractivity contribution is 5.73. The van der Waals surface area contributed by atoms with E-state index in [0.717, 1.165) is 11.4 Å². The van der Waals surface area contributed by atoms with Crippen LogP contribution in [0.4, 0.5) is 17.6 Å². The number of nitrogens with zero attached hydrogens (tertiary/aromatic N) is 3. The molecule has 1 heterocycles. The number of carbonyl (C=O) groups is 2. The summed E-state index contributed by atoms with van der Waals surface area (Å²) in [5, 5.41) is 27.2. The molecule has 0 spiro atoms. The molecule has 31 heavy (non-hydrogen) atoms. The second-order valence-electron chi connectivity index (χ2n) is 7.14. The Morgan fingerprint density at radius 2 is 1.74 bits per heavy atom. The minimum Gasteiger partial charge on any atom is -0.481 e. The summed E-state index contributed by atoms with van der Waals surface area (Å²) >= 11 is 0. The molecule has 1 aliphatic carbocycles. The van der Waals surface area contributed by atoms with Gasteiger partial charge in [-0.3, -0.25) is 4.79 Å². The zero-order valence-corrected chi connectivity index (χ0v) is 16.3. The summed E-state index contributed by atoms with van der Waals surface area (Å²) in [4.78, 5) is 19.8. The van der Waals surface area contributed by atoms with Crippen molar-refractivity contribution < 1.29 is 37.4 Å². The Bertz CT molecular complexity index is 865. The standard InChI is InChI=1S/C17H21FN4O2.C2HF3O2/c18-17(8-6-13(7-9-17)16(23)24)12-19-10-15-11-20-21-22(15)14-4-2-1-3-5-14;3-2(4,5)1(6)7/h1-5,11,13,19H,6-10,12H2,(H,23,24);(H,6,7). The Hall–Kier alpha value is -3.02. The summed E-state index contributed by atoms with van der Waals surface area (Å²) in [7, 11) is 0. The molecule has 8 nitrogen and oxygen atoms in total. The molecule has 0 unspecified atom stereocenters. The highest BCUT2D eigenvalue weighted by Gasteiger charge is 2.38. The van der Waals surface area contributed by atoms with Crippen LogP contribution in [0.25, 0.3) is 5.69 Å². The smallest absolute Gasteiger partial charge is 0.481 e. The van der Waals surface area contributed by atoms with E-state index in [1.807, 2.05) is 30.3 Å². The van der Waals surface area contributed by atoms with Crippen LogP contribution in [-0.2, 0) is 16.1 Å². The van der Waals surface area contributed by atoms with Crippen molar-refractivity contribution >= 4 is 11.9 Å². The number of nitrogens with one attached hydrogen (secondary N) is 1. The first-order valence-corrected chi connectivity index (χ1v) is 9.39. The van der Waals surface area contributed by atoms with Crippen LogP contribution < -0.4 is 5.32 Å². The van der Waals surface area contributed by atoms with Gasteiger partial charge in [0.2, 0.25) is 0 Å². The van der Waals surface area contributed by atoms with Crippen LogP contribution in [0.3, 0.4) is 0 Å². The lowest BCUT2D eigenvalue weighted by molar-refractivity contribution is -0.192. The van der Waals surface area contributed by atoms with Gasteiger partial charge in [0.15, 0.2) is 0 Å². The zero-order valence-electron chi connectivity index (χ0n) is 16.3. The average Bonchev–Trinajstić information content (AvgIpc) is 3.17. The van der Waals surface area contributed by atoms with Gasteiger partial charge in [-0.2, -0.15) is 13.2 Å². The normalized spacial score (nSPS) is 21.1. The second-order valence-corrected chi connectivity index (χ2v) is 7.14. The topological polar surface area (TPSA) is 117 Å². The van der Waals surface area contributed by atoms with Gasteiger partial charge in [-0.05, 0) is 37.8 Å². The van der Waals surface area contributed by atoms with E-state index in [4.69, 9.17) is 15.0 Å². The molecule has 0 bridgehead atoms. The summed E-state index contributed by atoms with van der Waals surface area (Å²) in [5.41, 5.74) is 0.421. The van der Waals surface area contributed by atoms with Gasteiger partial charge >= 0.3 is 18.1 Å². The molecule has 3 N–H and O–H groups in total. The number of alkyl halides is 4. The summed E-state index contributed by atoms with van der Waals surface area (Å²) in [6.07, 6.45) is -2.05. The Kier molecular flexibility index (Phi) is 8.08. The number of carboxylic acid groups (broad SMARTS) is 2. The van der Waals surface area contributed by atoms with Crippen LogP contribution in [0.1, 0.15) is 31.4 Å². The number of aromatic nitrogens is 3. The Morgan fingerprint density at radius 1 is 1.16 bits per heavy atom. The summed E-state index contributed by atoms with van der Waals surface area (Å²) in [6.45, 7) is 0.662. The maximum atomic E-state index is 14.8. The fourth-order valence-corrected chi connectivity index (χ4v) is 3.14. The summed E-state index contributed by atoms with van der Waals surface area (Å²) in [5.74, 6) is -3.98. The fraction of sp³-hybridized carbons (Fsp3) is 0.474. The first-order valence-electron chi connectivity index (χ1n) is 9.39. The number of aliphatic carboxylic acids is 2. The van der Waals surface area contributed by atoms with Crippen molar-refractivity contribution in [1.29, 1.82) is 0 Å². The monoisotopic (exact) mass is 446 g/mol. The van der Waals surface area contributed by atoms with Crippen LogP contribution >= 0.6 is 0 Å². The fourth-order valence-electron chi connectivity index (χ4n) is 3.14. The van der Waals surface area contributed by atoms with Crippen molar-refractivity contribution in [3.8, 4) is 5.69 Å². The first kappa shape index (κ1) is 24.3. The van der Waals surface area contributed by atoms with Gasteiger partial charge in [-0.25, -0.2) is 13.9 Å². The number of carboxylic acids is 2. The molecular weight excluding hydrogens is 424 g/mol. The molecule has 3 rings (SSSR count). The highest BCUT2D eigenvalue weighted by atomic mass is 19.4. The number of halogens is 4. The number of hydrogen-bond donors (Lipinski definition) is 3. The molecular formula is C19H22F4N4O4. The molecule has 2 aromatic rings. The molecule has 1 aromatic carbocycles. The third-order valence-corrected chi connectivity index (χ3v) is 4.84. The van der Waals surface area contributed by atoms with Crippen LogP contribution in [0.15, 0.2) is 36.5 Å². The Labute approximate surface area is 174 Å². The molecule has 0 saturated heterocycles. The van der Waals surface area contributed by atoms with Crippen molar-refractivity contribution in [3.63, 3.8) is 0 Å². The van der Waals surface area contributed by atoms with Crippen LogP contribution in [-0.4, -0.2) is 55.5 Å². The molecule has 0 atom stereocenters. The minimum atomic E-state index is -5.08. The predicted molar refractivity (Wildman–Crippen MR) is 100 cm³/mol. The number of rotatable bonds is 6. The van der Waals surface area contributed by atoms with E-state index in [0.29, 0.717) is 19.4 Å². The van der Waals surface area contributed by atoms with Crippen molar-refractivity contribution in [2.24, 2.45) is 5.92 Å². The van der Waals surface area contributed by atoms with Crippen LogP contribution in [0.5, 0.6) is 0 Å². The Morgan fingerprint density at radius 3 is 2.26 bits per heavy atom. The molecule has 1 saturated carbocycles. The van der Waals surface area contributed by atoms with Crippen molar-refractivity contribution in [2.75, 3.05) is 6.54 Å². The Balaban J connectivity index is 0.000000423. The van der Waals surface area contributed by atoms with Gasteiger partial charge in [-0.1, -0.05) is 23.4 Å². The van der Waals surface area contributed by atoms with Crippen molar-refractivity contribution in [3.05, 3.63) is 42.2 Å². The third-order valence-electron chi connectivity index (χ3n) is 4.84. The molecule has 0 aliphatic heterocycles. The zero-order chi connectivity index (χ0) is 23.1. The van der Waals surface area contributed by atoms with E-state index < -0.39 is 29.7 Å². The van der Waals surface area contributed by atoms with Crippen molar-refractivity contribution in [2.45, 2.75) is 44.1 Å². The van der Waals surface area contributed by atoms with E-state index in [2.05, 4.69) is 15.6 Å². The molecule has 1 aromatic heterocycles. The molecule has 170 valence electrons. The van der Waals surface area contributed by atoms with Gasteiger partial charge in [0.25, 0.3) is 0 Å². The maximum Gasteiger partial charge on any atom is 0.490 e. The number of hydrogen-bond acceptors (Lipinski definition) is 5.